The van der Waals surface area contributed by atoms with Crippen molar-refractivity contribution in [1.82, 2.24) is 9.78 Å². The van der Waals surface area contributed by atoms with Gasteiger partial charge in [-0.1, -0.05) is 17.7 Å². The number of ether oxygens (including phenoxy) is 2. The molecular formula is C20H21N3O3. The van der Waals surface area contributed by atoms with E-state index in [2.05, 4.69) is 10.4 Å². The standard InChI is InChI=1S/C20H21N3O3/c1-13-5-7-15(8-6-13)23-19(11-14(2)22-23)21-20(24)17-10-9-16(25-3)12-18(17)26-4/h5-12H,1-4H3,(H,21,24). The molecule has 6 heteroatoms. The zero-order valence-corrected chi connectivity index (χ0v) is 15.2. The topological polar surface area (TPSA) is 65.4 Å². The van der Waals surface area contributed by atoms with Crippen LogP contribution < -0.4 is 14.8 Å². The molecule has 0 spiro atoms. The van der Waals surface area contributed by atoms with Gasteiger partial charge in [0.05, 0.1) is 31.2 Å². The zero-order chi connectivity index (χ0) is 18.7. The third-order valence-corrected chi connectivity index (χ3v) is 4.00. The highest BCUT2D eigenvalue weighted by molar-refractivity contribution is 6.06. The average Bonchev–Trinajstić information content (AvgIpc) is 3.01. The van der Waals surface area contributed by atoms with Crippen molar-refractivity contribution in [1.29, 1.82) is 0 Å². The zero-order valence-electron chi connectivity index (χ0n) is 15.2. The smallest absolute Gasteiger partial charge is 0.260 e. The van der Waals surface area contributed by atoms with Crippen LogP contribution in [0.25, 0.3) is 5.69 Å². The second kappa shape index (κ2) is 7.31. The van der Waals surface area contributed by atoms with Crippen LogP contribution in [0.1, 0.15) is 21.6 Å². The molecule has 134 valence electrons. The molecule has 0 radical (unpaired) electrons. The lowest BCUT2D eigenvalue weighted by Gasteiger charge is -2.12. The van der Waals surface area contributed by atoms with Crippen molar-refractivity contribution in [2.45, 2.75) is 13.8 Å². The van der Waals surface area contributed by atoms with Crippen molar-refractivity contribution in [2.75, 3.05) is 19.5 Å². The van der Waals surface area contributed by atoms with E-state index in [9.17, 15) is 4.79 Å². The lowest BCUT2D eigenvalue weighted by Crippen LogP contribution is -2.16. The molecule has 6 nitrogen and oxygen atoms in total. The molecule has 1 amide bonds. The number of anilines is 1. The first-order valence-corrected chi connectivity index (χ1v) is 8.19. The summed E-state index contributed by atoms with van der Waals surface area (Å²) in [6, 6.07) is 14.8. The predicted molar refractivity (Wildman–Crippen MR) is 101 cm³/mol. The number of nitrogens with zero attached hydrogens (tertiary/aromatic N) is 2. The highest BCUT2D eigenvalue weighted by atomic mass is 16.5. The fraction of sp³-hybridized carbons (Fsp3) is 0.200. The largest absolute Gasteiger partial charge is 0.497 e. The summed E-state index contributed by atoms with van der Waals surface area (Å²) in [7, 11) is 3.09. The van der Waals surface area contributed by atoms with Crippen molar-refractivity contribution in [3.05, 3.63) is 65.4 Å². The van der Waals surface area contributed by atoms with E-state index in [4.69, 9.17) is 9.47 Å². The molecule has 2 aromatic carbocycles. The predicted octanol–water partition coefficient (Wildman–Crippen LogP) is 3.76. The number of methoxy groups -OCH3 is 2. The molecule has 0 unspecified atom stereocenters. The van der Waals surface area contributed by atoms with E-state index in [-0.39, 0.29) is 5.91 Å². The van der Waals surface area contributed by atoms with Crippen LogP contribution in [0.4, 0.5) is 5.82 Å². The Morgan fingerprint density at radius 2 is 1.73 bits per heavy atom. The normalized spacial score (nSPS) is 10.5. The maximum absolute atomic E-state index is 12.8. The Kier molecular flexibility index (Phi) is 4.93. The maximum Gasteiger partial charge on any atom is 0.260 e. The Morgan fingerprint density at radius 1 is 1.00 bits per heavy atom. The minimum absolute atomic E-state index is 0.280. The summed E-state index contributed by atoms with van der Waals surface area (Å²) in [6.45, 7) is 3.91. The molecule has 26 heavy (non-hydrogen) atoms. The fourth-order valence-electron chi connectivity index (χ4n) is 2.64. The van der Waals surface area contributed by atoms with E-state index >= 15 is 0 Å². The van der Waals surface area contributed by atoms with Gasteiger partial charge in [-0.15, -0.1) is 0 Å². The molecule has 0 saturated heterocycles. The summed E-state index contributed by atoms with van der Waals surface area (Å²) in [4.78, 5) is 12.8. The number of amides is 1. The average molecular weight is 351 g/mol. The highest BCUT2D eigenvalue weighted by Gasteiger charge is 2.16. The molecule has 0 atom stereocenters. The molecule has 0 aliphatic carbocycles. The monoisotopic (exact) mass is 351 g/mol. The van der Waals surface area contributed by atoms with E-state index in [1.165, 1.54) is 7.11 Å². The van der Waals surface area contributed by atoms with Crippen LogP contribution in [-0.2, 0) is 0 Å². The third kappa shape index (κ3) is 3.54. The van der Waals surface area contributed by atoms with Gasteiger partial charge in [0.2, 0.25) is 0 Å². The second-order valence-electron chi connectivity index (χ2n) is 5.94. The van der Waals surface area contributed by atoms with E-state index < -0.39 is 0 Å². The molecule has 0 fully saturated rings. The Labute approximate surface area is 152 Å². The highest BCUT2D eigenvalue weighted by Crippen LogP contribution is 2.26. The van der Waals surface area contributed by atoms with Gasteiger partial charge >= 0.3 is 0 Å². The van der Waals surface area contributed by atoms with Crippen molar-refractivity contribution in [3.8, 4) is 17.2 Å². The van der Waals surface area contributed by atoms with Gasteiger partial charge in [0.25, 0.3) is 5.91 Å². The first-order chi connectivity index (χ1) is 12.5. The number of hydrogen-bond donors (Lipinski definition) is 1. The van der Waals surface area contributed by atoms with E-state index in [1.807, 2.05) is 44.2 Å². The van der Waals surface area contributed by atoms with Crippen molar-refractivity contribution < 1.29 is 14.3 Å². The molecule has 3 rings (SSSR count). The van der Waals surface area contributed by atoms with Crippen LogP contribution >= 0.6 is 0 Å². The summed E-state index contributed by atoms with van der Waals surface area (Å²) in [6.07, 6.45) is 0. The molecule has 0 aliphatic heterocycles. The van der Waals surface area contributed by atoms with Crippen LogP contribution in [0.2, 0.25) is 0 Å². The minimum atomic E-state index is -0.280. The summed E-state index contributed by atoms with van der Waals surface area (Å²) < 4.78 is 12.2. The summed E-state index contributed by atoms with van der Waals surface area (Å²) in [5.41, 5.74) is 3.26. The lowest BCUT2D eigenvalue weighted by atomic mass is 10.1. The van der Waals surface area contributed by atoms with Crippen LogP contribution in [0.5, 0.6) is 11.5 Å². The number of hydrogen-bond acceptors (Lipinski definition) is 4. The number of benzene rings is 2. The molecular weight excluding hydrogens is 330 g/mol. The first kappa shape index (κ1) is 17.5. The van der Waals surface area contributed by atoms with Crippen molar-refractivity contribution in [3.63, 3.8) is 0 Å². The molecule has 0 saturated carbocycles. The van der Waals surface area contributed by atoms with E-state index in [0.29, 0.717) is 22.9 Å². The van der Waals surface area contributed by atoms with Crippen molar-refractivity contribution in [2.24, 2.45) is 0 Å². The van der Waals surface area contributed by atoms with Crippen LogP contribution in [0, 0.1) is 13.8 Å². The summed E-state index contributed by atoms with van der Waals surface area (Å²) in [5.74, 6) is 1.38. The molecule has 1 aromatic heterocycles. The Hall–Kier alpha value is -3.28. The Bertz CT molecular complexity index is 930. The van der Waals surface area contributed by atoms with Crippen molar-refractivity contribution >= 4 is 11.7 Å². The first-order valence-electron chi connectivity index (χ1n) is 8.19. The number of aromatic nitrogens is 2. The second-order valence-corrected chi connectivity index (χ2v) is 5.94. The SMILES string of the molecule is COc1ccc(C(=O)Nc2cc(C)nn2-c2ccc(C)cc2)c(OC)c1. The fourth-order valence-corrected chi connectivity index (χ4v) is 2.64. The van der Waals surface area contributed by atoms with Gasteiger partial charge in [0.1, 0.15) is 17.3 Å². The Morgan fingerprint density at radius 3 is 2.38 bits per heavy atom. The van der Waals surface area contributed by atoms with Gasteiger partial charge in [-0.3, -0.25) is 4.79 Å². The summed E-state index contributed by atoms with van der Waals surface area (Å²) in [5, 5.41) is 7.39. The number of aryl methyl sites for hydroxylation is 2. The third-order valence-electron chi connectivity index (χ3n) is 4.00. The molecule has 3 aromatic rings. The van der Waals surface area contributed by atoms with Gasteiger partial charge in [-0.05, 0) is 38.1 Å². The van der Waals surface area contributed by atoms with E-state index in [0.717, 1.165) is 16.9 Å². The minimum Gasteiger partial charge on any atom is -0.497 e. The van der Waals surface area contributed by atoms with Gasteiger partial charge < -0.3 is 14.8 Å². The molecule has 0 aliphatic rings. The number of carbonyl (C=O) groups is 1. The summed E-state index contributed by atoms with van der Waals surface area (Å²) >= 11 is 0. The molecule has 1 N–H and O–H groups in total. The Balaban J connectivity index is 1.92. The number of carbonyl (C=O) groups excluding carboxylic acids is 1. The van der Waals surface area contributed by atoms with Gasteiger partial charge in [-0.25, -0.2) is 4.68 Å². The van der Waals surface area contributed by atoms with Crippen LogP contribution in [0.3, 0.4) is 0 Å². The quantitative estimate of drug-likeness (QED) is 0.760. The van der Waals surface area contributed by atoms with Gasteiger partial charge in [0, 0.05) is 12.1 Å². The van der Waals surface area contributed by atoms with Gasteiger partial charge in [-0.2, -0.15) is 5.10 Å². The van der Waals surface area contributed by atoms with Crippen LogP contribution in [-0.4, -0.2) is 29.9 Å². The lowest BCUT2D eigenvalue weighted by molar-refractivity contribution is 0.102. The van der Waals surface area contributed by atoms with Crippen LogP contribution in [0.15, 0.2) is 48.5 Å². The molecule has 0 bridgehead atoms. The number of rotatable bonds is 5. The maximum atomic E-state index is 12.8. The van der Waals surface area contributed by atoms with Gasteiger partial charge in [0.15, 0.2) is 0 Å². The van der Waals surface area contributed by atoms with E-state index in [1.54, 1.807) is 30.0 Å². The number of nitrogens with one attached hydrogen (secondary N) is 1. The molecule has 1 heterocycles.